The number of thiophene rings is 1. The van der Waals surface area contributed by atoms with Crippen molar-refractivity contribution < 1.29 is 9.53 Å². The molecule has 1 heterocycles. The van der Waals surface area contributed by atoms with Crippen LogP contribution >= 0.6 is 11.3 Å². The highest BCUT2D eigenvalue weighted by Crippen LogP contribution is 2.05. The summed E-state index contributed by atoms with van der Waals surface area (Å²) in [5, 5.41) is 6.88. The number of hydrogen-bond acceptors (Lipinski definition) is 3. The molecule has 1 amide bonds. The summed E-state index contributed by atoms with van der Waals surface area (Å²) < 4.78 is 4.68. The van der Waals surface area contributed by atoms with Crippen molar-refractivity contribution in [1.29, 1.82) is 0 Å². The summed E-state index contributed by atoms with van der Waals surface area (Å²) in [6.45, 7) is 0.822. The summed E-state index contributed by atoms with van der Waals surface area (Å²) >= 11 is 1.67. The molecule has 0 saturated carbocycles. The third-order valence-electron chi connectivity index (χ3n) is 1.59. The van der Waals surface area contributed by atoms with Crippen molar-refractivity contribution in [3.63, 3.8) is 0 Å². The molecular formula is C9H13NO2S. The number of amides is 1. The highest BCUT2D eigenvalue weighted by Gasteiger charge is 1.98. The Bertz CT molecular complexity index is 246. The highest BCUT2D eigenvalue weighted by atomic mass is 32.1. The fourth-order valence-electron chi connectivity index (χ4n) is 0.963. The van der Waals surface area contributed by atoms with Crippen molar-refractivity contribution in [3.05, 3.63) is 22.4 Å². The zero-order valence-corrected chi connectivity index (χ0v) is 8.39. The quantitative estimate of drug-likeness (QED) is 0.770. The van der Waals surface area contributed by atoms with Gasteiger partial charge in [0.1, 0.15) is 6.61 Å². The topological polar surface area (TPSA) is 38.3 Å². The van der Waals surface area contributed by atoms with Gasteiger partial charge >= 0.3 is 0 Å². The number of nitrogens with one attached hydrogen (secondary N) is 1. The molecule has 0 aliphatic carbocycles. The molecule has 0 bridgehead atoms. The normalized spacial score (nSPS) is 9.92. The van der Waals surface area contributed by atoms with Crippen molar-refractivity contribution in [2.75, 3.05) is 20.3 Å². The van der Waals surface area contributed by atoms with E-state index in [1.165, 1.54) is 12.7 Å². The Hall–Kier alpha value is -0.870. The maximum absolute atomic E-state index is 10.9. The first kappa shape index (κ1) is 10.2. The van der Waals surface area contributed by atoms with Gasteiger partial charge in [0.05, 0.1) is 0 Å². The molecule has 0 fully saturated rings. The molecule has 0 aromatic carbocycles. The van der Waals surface area contributed by atoms with Crippen molar-refractivity contribution in [1.82, 2.24) is 5.32 Å². The lowest BCUT2D eigenvalue weighted by atomic mass is 10.2. The van der Waals surface area contributed by atoms with E-state index in [-0.39, 0.29) is 12.5 Å². The molecule has 0 aliphatic rings. The maximum atomic E-state index is 10.9. The molecule has 1 aromatic rings. The fraction of sp³-hybridized carbons (Fsp3) is 0.444. The first-order valence-electron chi connectivity index (χ1n) is 4.09. The molecule has 0 atom stereocenters. The van der Waals surface area contributed by atoms with Crippen molar-refractivity contribution in [3.8, 4) is 0 Å². The monoisotopic (exact) mass is 199 g/mol. The number of hydrogen-bond donors (Lipinski definition) is 1. The van der Waals surface area contributed by atoms with E-state index in [0.717, 1.165) is 6.42 Å². The molecule has 13 heavy (non-hydrogen) atoms. The second kappa shape index (κ2) is 5.72. The van der Waals surface area contributed by atoms with Crippen LogP contribution in [0.2, 0.25) is 0 Å². The molecule has 4 heteroatoms. The van der Waals surface area contributed by atoms with Gasteiger partial charge in [0.15, 0.2) is 0 Å². The van der Waals surface area contributed by atoms with Crippen LogP contribution in [0.15, 0.2) is 16.8 Å². The molecule has 0 unspecified atom stereocenters. The van der Waals surface area contributed by atoms with E-state index in [1.54, 1.807) is 11.3 Å². The van der Waals surface area contributed by atoms with Gasteiger partial charge < -0.3 is 10.1 Å². The molecule has 1 aromatic heterocycles. The predicted molar refractivity (Wildman–Crippen MR) is 52.9 cm³/mol. The second-order valence-electron chi connectivity index (χ2n) is 2.66. The molecule has 72 valence electrons. The van der Waals surface area contributed by atoms with E-state index in [4.69, 9.17) is 0 Å². The molecule has 1 rings (SSSR count). The molecular weight excluding hydrogens is 186 g/mol. The van der Waals surface area contributed by atoms with Crippen LogP contribution in [-0.4, -0.2) is 26.2 Å². The summed E-state index contributed by atoms with van der Waals surface area (Å²) in [5.41, 5.74) is 1.27. The van der Waals surface area contributed by atoms with Gasteiger partial charge in [0.2, 0.25) is 5.91 Å². The van der Waals surface area contributed by atoms with Crippen LogP contribution in [0, 0.1) is 0 Å². The zero-order valence-electron chi connectivity index (χ0n) is 7.58. The molecule has 0 radical (unpaired) electrons. The lowest BCUT2D eigenvalue weighted by molar-refractivity contribution is -0.124. The first-order chi connectivity index (χ1) is 6.33. The maximum Gasteiger partial charge on any atom is 0.245 e. The molecule has 1 N–H and O–H groups in total. The smallest absolute Gasteiger partial charge is 0.245 e. The van der Waals surface area contributed by atoms with Crippen LogP contribution in [0.4, 0.5) is 0 Å². The predicted octanol–water partition coefficient (Wildman–Crippen LogP) is 1.05. The van der Waals surface area contributed by atoms with Gasteiger partial charge in [-0.3, -0.25) is 4.79 Å². The van der Waals surface area contributed by atoms with Crippen LogP contribution in [0.5, 0.6) is 0 Å². The molecule has 0 aliphatic heterocycles. The van der Waals surface area contributed by atoms with Crippen molar-refractivity contribution in [2.45, 2.75) is 6.42 Å². The third-order valence-corrected chi connectivity index (χ3v) is 2.32. The van der Waals surface area contributed by atoms with Crippen LogP contribution in [0.1, 0.15) is 5.56 Å². The van der Waals surface area contributed by atoms with E-state index < -0.39 is 0 Å². The van der Waals surface area contributed by atoms with Crippen LogP contribution in [0.25, 0.3) is 0 Å². The summed E-state index contributed by atoms with van der Waals surface area (Å²) in [5.74, 6) is -0.0577. The van der Waals surface area contributed by atoms with Crippen LogP contribution < -0.4 is 5.32 Å². The molecule has 0 spiro atoms. The third kappa shape index (κ3) is 4.05. The zero-order chi connectivity index (χ0) is 9.52. The average Bonchev–Trinajstić information content (AvgIpc) is 2.57. The van der Waals surface area contributed by atoms with Gasteiger partial charge in [-0.05, 0) is 28.8 Å². The van der Waals surface area contributed by atoms with Gasteiger partial charge in [-0.2, -0.15) is 11.3 Å². The SMILES string of the molecule is COCC(=O)NCCc1ccsc1. The minimum Gasteiger partial charge on any atom is -0.375 e. The Balaban J connectivity index is 2.11. The average molecular weight is 199 g/mol. The highest BCUT2D eigenvalue weighted by molar-refractivity contribution is 7.07. The molecule has 0 saturated heterocycles. The van der Waals surface area contributed by atoms with E-state index >= 15 is 0 Å². The lowest BCUT2D eigenvalue weighted by Gasteiger charge is -2.02. The van der Waals surface area contributed by atoms with Gasteiger partial charge in [0, 0.05) is 13.7 Å². The Morgan fingerprint density at radius 1 is 1.69 bits per heavy atom. The Morgan fingerprint density at radius 3 is 3.15 bits per heavy atom. The fourth-order valence-corrected chi connectivity index (χ4v) is 1.67. The molecule has 3 nitrogen and oxygen atoms in total. The van der Waals surface area contributed by atoms with Gasteiger partial charge in [-0.15, -0.1) is 0 Å². The summed E-state index contributed by atoms with van der Waals surface area (Å²) in [7, 11) is 1.51. The van der Waals surface area contributed by atoms with Crippen molar-refractivity contribution in [2.24, 2.45) is 0 Å². The summed E-state index contributed by atoms with van der Waals surface area (Å²) in [4.78, 5) is 10.9. The van der Waals surface area contributed by atoms with Crippen molar-refractivity contribution >= 4 is 17.2 Å². The van der Waals surface area contributed by atoms with Gasteiger partial charge in [-0.1, -0.05) is 0 Å². The van der Waals surface area contributed by atoms with E-state index in [2.05, 4.69) is 21.5 Å². The standard InChI is InChI=1S/C9H13NO2S/c1-12-6-9(11)10-4-2-8-3-5-13-7-8/h3,5,7H,2,4,6H2,1H3,(H,10,11). The number of carbonyl (C=O) groups is 1. The summed E-state index contributed by atoms with van der Waals surface area (Å²) in [6.07, 6.45) is 0.888. The number of rotatable bonds is 5. The number of ether oxygens (including phenoxy) is 1. The van der Waals surface area contributed by atoms with E-state index in [9.17, 15) is 4.79 Å². The minimum absolute atomic E-state index is 0.0577. The number of carbonyl (C=O) groups excluding carboxylic acids is 1. The second-order valence-corrected chi connectivity index (χ2v) is 3.44. The lowest BCUT2D eigenvalue weighted by Crippen LogP contribution is -2.28. The minimum atomic E-state index is -0.0577. The van der Waals surface area contributed by atoms with Gasteiger partial charge in [0.25, 0.3) is 0 Å². The van der Waals surface area contributed by atoms with E-state index in [1.807, 2.05) is 5.38 Å². The Labute approximate surface area is 81.7 Å². The Morgan fingerprint density at radius 2 is 2.54 bits per heavy atom. The largest absolute Gasteiger partial charge is 0.375 e. The van der Waals surface area contributed by atoms with E-state index in [0.29, 0.717) is 6.54 Å². The van der Waals surface area contributed by atoms with Crippen LogP contribution in [0.3, 0.4) is 0 Å². The first-order valence-corrected chi connectivity index (χ1v) is 5.04. The van der Waals surface area contributed by atoms with Gasteiger partial charge in [-0.25, -0.2) is 0 Å². The number of methoxy groups -OCH3 is 1. The Kier molecular flexibility index (Phi) is 4.49. The summed E-state index contributed by atoms with van der Waals surface area (Å²) in [6, 6.07) is 2.06. The van der Waals surface area contributed by atoms with Crippen LogP contribution in [-0.2, 0) is 16.0 Å².